The van der Waals surface area contributed by atoms with Gasteiger partial charge in [-0.15, -0.1) is 0 Å². The van der Waals surface area contributed by atoms with Gasteiger partial charge in [0.15, 0.2) is 0 Å². The molecular weight excluding hydrogens is 423 g/mol. The summed E-state index contributed by atoms with van der Waals surface area (Å²) < 4.78 is 1.10. The van der Waals surface area contributed by atoms with Crippen LogP contribution in [0.5, 0.6) is 0 Å². The summed E-state index contributed by atoms with van der Waals surface area (Å²) in [5, 5.41) is 0. The Morgan fingerprint density at radius 3 is 2.12 bits per heavy atom. The van der Waals surface area contributed by atoms with Gasteiger partial charge in [0.05, 0.1) is 6.67 Å². The second-order valence-electron chi connectivity index (χ2n) is 8.34. The van der Waals surface area contributed by atoms with E-state index in [1.165, 1.54) is 70.0 Å². The molecule has 3 fully saturated rings. The zero-order valence-electron chi connectivity index (χ0n) is 15.5. The minimum absolute atomic E-state index is 0.661. The average molecular weight is 454 g/mol. The lowest BCUT2D eigenvalue weighted by molar-refractivity contribution is -0.0683. The smallest absolute Gasteiger partial charge is 0.0508 e. The molecule has 4 rings (SSSR count). The Hall–Kier alpha value is -0.370. The van der Waals surface area contributed by atoms with Crippen molar-refractivity contribution in [2.45, 2.75) is 17.3 Å². The molecule has 0 radical (unpaired) electrons. The van der Waals surface area contributed by atoms with Gasteiger partial charge in [0.1, 0.15) is 0 Å². The Morgan fingerprint density at radius 1 is 0.880 bits per heavy atom. The summed E-state index contributed by atoms with van der Waals surface area (Å²) in [6.07, 6.45) is 2.81. The highest BCUT2D eigenvalue weighted by atomic mass is 127. The molecule has 4 nitrogen and oxygen atoms in total. The number of piperazine rings is 1. The summed E-state index contributed by atoms with van der Waals surface area (Å²) in [5.41, 5.74) is 3.47. The van der Waals surface area contributed by atoms with E-state index in [2.05, 4.69) is 73.5 Å². The van der Waals surface area contributed by atoms with Gasteiger partial charge in [-0.05, 0) is 56.1 Å². The maximum Gasteiger partial charge on any atom is 0.0508 e. The first-order valence-electron chi connectivity index (χ1n) is 9.69. The molecule has 5 heteroatoms. The van der Waals surface area contributed by atoms with E-state index in [0.717, 1.165) is 17.5 Å². The van der Waals surface area contributed by atoms with Gasteiger partial charge >= 0.3 is 0 Å². The van der Waals surface area contributed by atoms with Crippen molar-refractivity contribution < 1.29 is 0 Å². The Morgan fingerprint density at radius 2 is 1.52 bits per heavy atom. The number of benzene rings is 1. The Labute approximate surface area is 166 Å². The van der Waals surface area contributed by atoms with E-state index in [1.54, 1.807) is 0 Å². The standard InChI is InChI=1S/C20H31IN4/c1-22-8-6-20(7-9-22)15-24(16-20)17-23-10-12-25(13-11-23)19-4-2-18(14-21)3-5-19/h2-5H,6-17H2,1H3. The molecule has 0 bridgehead atoms. The molecule has 0 N–H and O–H groups in total. The van der Waals surface area contributed by atoms with Crippen LogP contribution in [-0.2, 0) is 4.43 Å². The zero-order chi connectivity index (χ0) is 17.3. The van der Waals surface area contributed by atoms with Crippen LogP contribution in [0.4, 0.5) is 5.69 Å². The molecule has 3 aliphatic heterocycles. The average Bonchev–Trinajstić information content (AvgIpc) is 2.63. The van der Waals surface area contributed by atoms with Crippen LogP contribution in [0.2, 0.25) is 0 Å². The minimum Gasteiger partial charge on any atom is -0.369 e. The highest BCUT2D eigenvalue weighted by molar-refractivity contribution is 14.1. The van der Waals surface area contributed by atoms with Crippen molar-refractivity contribution in [3.63, 3.8) is 0 Å². The summed E-state index contributed by atoms with van der Waals surface area (Å²) in [4.78, 5) is 10.4. The lowest BCUT2D eigenvalue weighted by atomic mass is 9.72. The summed E-state index contributed by atoms with van der Waals surface area (Å²) in [6, 6.07) is 9.14. The van der Waals surface area contributed by atoms with Crippen LogP contribution in [0.25, 0.3) is 0 Å². The fourth-order valence-electron chi connectivity index (χ4n) is 4.64. The molecule has 3 heterocycles. The number of alkyl halides is 1. The summed E-state index contributed by atoms with van der Waals surface area (Å²) in [6.45, 7) is 11.1. The molecule has 138 valence electrons. The molecule has 0 atom stereocenters. The van der Waals surface area contributed by atoms with Gasteiger partial charge in [0.2, 0.25) is 0 Å². The molecule has 0 aliphatic carbocycles. The molecule has 0 amide bonds. The van der Waals surface area contributed by atoms with Crippen molar-refractivity contribution in [1.29, 1.82) is 0 Å². The monoisotopic (exact) mass is 454 g/mol. The van der Waals surface area contributed by atoms with Crippen molar-refractivity contribution in [3.8, 4) is 0 Å². The van der Waals surface area contributed by atoms with Gasteiger partial charge in [-0.3, -0.25) is 9.80 Å². The maximum absolute atomic E-state index is 2.68. The molecule has 0 aromatic heterocycles. The molecule has 3 saturated heterocycles. The third-order valence-electron chi connectivity index (χ3n) is 6.39. The van der Waals surface area contributed by atoms with Gasteiger partial charge in [-0.2, -0.15) is 0 Å². The fourth-order valence-corrected chi connectivity index (χ4v) is 5.15. The molecule has 1 aromatic carbocycles. The first kappa shape index (κ1) is 18.0. The number of piperidine rings is 1. The van der Waals surface area contributed by atoms with Gasteiger partial charge < -0.3 is 9.80 Å². The van der Waals surface area contributed by atoms with Crippen LogP contribution < -0.4 is 4.90 Å². The fraction of sp³-hybridized carbons (Fsp3) is 0.700. The normalized spacial score (nSPS) is 25.3. The summed E-state index contributed by atoms with van der Waals surface area (Å²) >= 11 is 2.43. The molecule has 1 spiro atoms. The zero-order valence-corrected chi connectivity index (χ0v) is 17.6. The van der Waals surface area contributed by atoms with Crippen LogP contribution in [0, 0.1) is 5.41 Å². The number of rotatable bonds is 4. The van der Waals surface area contributed by atoms with Crippen molar-refractivity contribution in [3.05, 3.63) is 29.8 Å². The van der Waals surface area contributed by atoms with E-state index < -0.39 is 0 Å². The van der Waals surface area contributed by atoms with Crippen LogP contribution in [-0.4, -0.2) is 80.8 Å². The van der Waals surface area contributed by atoms with Crippen molar-refractivity contribution in [2.24, 2.45) is 5.41 Å². The molecule has 3 aliphatic rings. The number of anilines is 1. The van der Waals surface area contributed by atoms with E-state index >= 15 is 0 Å². The van der Waals surface area contributed by atoms with Crippen molar-refractivity contribution >= 4 is 28.3 Å². The van der Waals surface area contributed by atoms with E-state index in [0.29, 0.717) is 5.41 Å². The Bertz CT molecular complexity index is 552. The minimum atomic E-state index is 0.661. The highest BCUT2D eigenvalue weighted by Crippen LogP contribution is 2.40. The van der Waals surface area contributed by atoms with E-state index in [9.17, 15) is 0 Å². The second kappa shape index (κ2) is 7.71. The van der Waals surface area contributed by atoms with E-state index in [-0.39, 0.29) is 0 Å². The number of likely N-dealkylation sites (tertiary alicyclic amines) is 2. The molecular formula is C20H31IN4. The van der Waals surface area contributed by atoms with Crippen LogP contribution in [0.3, 0.4) is 0 Å². The van der Waals surface area contributed by atoms with E-state index in [1.807, 2.05) is 0 Å². The highest BCUT2D eigenvalue weighted by Gasteiger charge is 2.44. The maximum atomic E-state index is 2.68. The van der Waals surface area contributed by atoms with Crippen molar-refractivity contribution in [1.82, 2.24) is 14.7 Å². The Kier molecular flexibility index (Phi) is 5.55. The lowest BCUT2D eigenvalue weighted by Gasteiger charge is -2.55. The first-order chi connectivity index (χ1) is 12.2. The van der Waals surface area contributed by atoms with Crippen molar-refractivity contribution in [2.75, 3.05) is 71.0 Å². The molecule has 25 heavy (non-hydrogen) atoms. The number of hydrogen-bond acceptors (Lipinski definition) is 4. The largest absolute Gasteiger partial charge is 0.369 e. The van der Waals surface area contributed by atoms with Gasteiger partial charge in [0, 0.05) is 49.4 Å². The topological polar surface area (TPSA) is 13.0 Å². The van der Waals surface area contributed by atoms with E-state index in [4.69, 9.17) is 0 Å². The number of nitrogens with zero attached hydrogens (tertiary/aromatic N) is 4. The second-order valence-corrected chi connectivity index (χ2v) is 9.10. The predicted molar refractivity (Wildman–Crippen MR) is 114 cm³/mol. The third-order valence-corrected chi connectivity index (χ3v) is 7.27. The number of halogens is 1. The molecule has 1 aromatic rings. The third kappa shape index (κ3) is 4.15. The van der Waals surface area contributed by atoms with Crippen LogP contribution >= 0.6 is 22.6 Å². The lowest BCUT2D eigenvalue weighted by Crippen LogP contribution is -2.63. The quantitative estimate of drug-likeness (QED) is 0.513. The summed E-state index contributed by atoms with van der Waals surface area (Å²) in [7, 11) is 2.26. The summed E-state index contributed by atoms with van der Waals surface area (Å²) in [5.74, 6) is 0. The molecule has 0 unspecified atom stereocenters. The van der Waals surface area contributed by atoms with Crippen LogP contribution in [0.15, 0.2) is 24.3 Å². The SMILES string of the molecule is CN1CCC2(CC1)CN(CN1CCN(c3ccc(CI)cc3)CC1)C2. The van der Waals surface area contributed by atoms with Gasteiger partial charge in [-0.25, -0.2) is 0 Å². The Balaban J connectivity index is 1.21. The van der Waals surface area contributed by atoms with Crippen LogP contribution in [0.1, 0.15) is 18.4 Å². The van der Waals surface area contributed by atoms with Gasteiger partial charge in [0.25, 0.3) is 0 Å². The van der Waals surface area contributed by atoms with Gasteiger partial charge in [-0.1, -0.05) is 34.7 Å². The number of hydrogen-bond donors (Lipinski definition) is 0. The first-order valence-corrected chi connectivity index (χ1v) is 11.2. The molecule has 0 saturated carbocycles. The predicted octanol–water partition coefficient (Wildman–Crippen LogP) is 2.73.